The minimum atomic E-state index is -1.35. The van der Waals surface area contributed by atoms with Crippen molar-refractivity contribution in [3.05, 3.63) is 0 Å². The van der Waals surface area contributed by atoms with Gasteiger partial charge in [-0.15, -0.1) is 0 Å². The van der Waals surface area contributed by atoms with Gasteiger partial charge in [-0.05, 0) is 19.3 Å². The van der Waals surface area contributed by atoms with E-state index in [2.05, 4.69) is 20.8 Å². The number of unbranched alkanes of at least 4 members (excludes halogenated alkanes) is 39. The Balaban J connectivity index is 4.61. The van der Waals surface area contributed by atoms with Crippen molar-refractivity contribution in [1.29, 1.82) is 0 Å². The molecular weight excluding hydrogens is 829 g/mol. The second-order valence-corrected chi connectivity index (χ2v) is 20.0. The average Bonchev–Trinajstić information content (AvgIpc) is 3.32. The van der Waals surface area contributed by atoms with Crippen molar-refractivity contribution in [1.82, 2.24) is 0 Å². The lowest BCUT2D eigenvalue weighted by Gasteiger charge is -2.21. The Kier molecular flexibility index (Phi) is 49.8. The Morgan fingerprint density at radius 2 is 0.470 bits per heavy atom. The van der Waals surface area contributed by atoms with Crippen LogP contribution in [0.3, 0.4) is 0 Å². The maximum absolute atomic E-state index is 12.9. The van der Waals surface area contributed by atoms with Gasteiger partial charge in [-0.25, -0.2) is 14.4 Å². The third-order valence-corrected chi connectivity index (χ3v) is 13.4. The monoisotopic (exact) mass is 939 g/mol. The predicted molar refractivity (Wildman–Crippen MR) is 275 cm³/mol. The second-order valence-electron chi connectivity index (χ2n) is 20.0. The van der Waals surface area contributed by atoms with Crippen LogP contribution in [0.1, 0.15) is 310 Å². The molecule has 0 heterocycles. The van der Waals surface area contributed by atoms with E-state index in [-0.39, 0.29) is 19.3 Å². The zero-order valence-electron chi connectivity index (χ0n) is 43.8. The molecule has 0 aliphatic rings. The third kappa shape index (κ3) is 44.8. The molecule has 0 aromatic rings. The molecular formula is C57H110O9. The van der Waals surface area contributed by atoms with Gasteiger partial charge in [0, 0.05) is 0 Å². The van der Waals surface area contributed by atoms with Gasteiger partial charge in [0.15, 0.2) is 24.4 Å². The summed E-state index contributed by atoms with van der Waals surface area (Å²) in [6.45, 7) is 5.88. The summed E-state index contributed by atoms with van der Waals surface area (Å²) in [6, 6.07) is 0. The topological polar surface area (TPSA) is 140 Å². The fourth-order valence-corrected chi connectivity index (χ4v) is 8.85. The first-order valence-corrected chi connectivity index (χ1v) is 28.8. The van der Waals surface area contributed by atoms with Crippen molar-refractivity contribution in [3.63, 3.8) is 0 Å². The number of hydrogen-bond acceptors (Lipinski definition) is 9. The number of carbonyl (C=O) groups excluding carboxylic acids is 3. The molecule has 0 saturated heterocycles. The van der Waals surface area contributed by atoms with Gasteiger partial charge in [0.1, 0.15) is 13.2 Å². The minimum absolute atomic E-state index is 0.249. The summed E-state index contributed by atoms with van der Waals surface area (Å²) in [4.78, 5) is 38.4. The summed E-state index contributed by atoms with van der Waals surface area (Å²) >= 11 is 0. The van der Waals surface area contributed by atoms with Crippen LogP contribution >= 0.6 is 0 Å². The molecule has 3 N–H and O–H groups in total. The Morgan fingerprint density at radius 1 is 0.288 bits per heavy atom. The summed E-state index contributed by atoms with van der Waals surface area (Å²) < 4.78 is 16.2. The van der Waals surface area contributed by atoms with Crippen LogP contribution in [0.25, 0.3) is 0 Å². The van der Waals surface area contributed by atoms with Gasteiger partial charge in [-0.2, -0.15) is 0 Å². The van der Waals surface area contributed by atoms with Crippen molar-refractivity contribution in [2.45, 2.75) is 334 Å². The molecule has 0 spiro atoms. The van der Waals surface area contributed by atoms with Gasteiger partial charge >= 0.3 is 17.9 Å². The van der Waals surface area contributed by atoms with Gasteiger partial charge in [0.05, 0.1) is 0 Å². The van der Waals surface area contributed by atoms with Crippen LogP contribution in [0.15, 0.2) is 0 Å². The molecule has 392 valence electrons. The van der Waals surface area contributed by atoms with E-state index in [9.17, 15) is 29.7 Å². The molecule has 0 fully saturated rings. The first-order chi connectivity index (χ1) is 32.3. The molecule has 0 aromatic carbocycles. The highest BCUT2D eigenvalue weighted by Gasteiger charge is 2.27. The molecule has 0 aromatic heterocycles. The normalized spacial score (nSPS) is 13.4. The fourth-order valence-electron chi connectivity index (χ4n) is 8.85. The van der Waals surface area contributed by atoms with E-state index in [0.717, 1.165) is 57.8 Å². The molecule has 3 unspecified atom stereocenters. The number of aliphatic hydroxyl groups is 3. The Labute approximate surface area is 407 Å². The van der Waals surface area contributed by atoms with Crippen LogP contribution in [0.2, 0.25) is 0 Å². The van der Waals surface area contributed by atoms with Crippen LogP contribution in [-0.4, -0.2) is 70.9 Å². The summed E-state index contributed by atoms with van der Waals surface area (Å²) in [5, 5.41) is 31.7. The average molecular weight is 939 g/mol. The van der Waals surface area contributed by atoms with Gasteiger partial charge in [-0.1, -0.05) is 290 Å². The summed E-state index contributed by atoms with van der Waals surface area (Å²) in [6.07, 6.45) is 46.7. The molecule has 0 rings (SSSR count). The first-order valence-electron chi connectivity index (χ1n) is 28.8. The van der Waals surface area contributed by atoms with E-state index in [1.54, 1.807) is 0 Å². The van der Waals surface area contributed by atoms with Crippen LogP contribution < -0.4 is 0 Å². The molecule has 0 bridgehead atoms. The van der Waals surface area contributed by atoms with Gasteiger partial charge in [-0.3, -0.25) is 0 Å². The molecule has 0 radical (unpaired) electrons. The summed E-state index contributed by atoms with van der Waals surface area (Å²) in [5.74, 6) is -2.51. The van der Waals surface area contributed by atoms with Crippen LogP contribution in [0.5, 0.6) is 0 Å². The Hall–Kier alpha value is -1.71. The largest absolute Gasteiger partial charge is 0.460 e. The van der Waals surface area contributed by atoms with Crippen molar-refractivity contribution >= 4 is 17.9 Å². The lowest BCUT2D eigenvalue weighted by molar-refractivity contribution is -0.177. The number of carbonyl (C=O) groups is 3. The highest BCUT2D eigenvalue weighted by molar-refractivity contribution is 5.76. The van der Waals surface area contributed by atoms with E-state index in [1.807, 2.05) is 0 Å². The fraction of sp³-hybridized carbons (Fsp3) is 0.947. The van der Waals surface area contributed by atoms with Gasteiger partial charge in [0.25, 0.3) is 0 Å². The lowest BCUT2D eigenvalue weighted by Crippen LogP contribution is -2.37. The second kappa shape index (κ2) is 51.1. The summed E-state index contributed by atoms with van der Waals surface area (Å²) in [5.41, 5.74) is 0. The molecule has 3 atom stereocenters. The maximum atomic E-state index is 12.9. The molecule has 0 amide bonds. The molecule has 66 heavy (non-hydrogen) atoms. The van der Waals surface area contributed by atoms with Gasteiger partial charge in [0.2, 0.25) is 0 Å². The van der Waals surface area contributed by atoms with E-state index >= 15 is 0 Å². The number of rotatable bonds is 53. The van der Waals surface area contributed by atoms with Crippen LogP contribution in [0, 0.1) is 0 Å². The van der Waals surface area contributed by atoms with Crippen molar-refractivity contribution < 1.29 is 43.9 Å². The first kappa shape index (κ1) is 64.3. The van der Waals surface area contributed by atoms with Crippen molar-refractivity contribution in [3.8, 4) is 0 Å². The predicted octanol–water partition coefficient (Wildman–Crippen LogP) is 15.7. The smallest absolute Gasteiger partial charge is 0.335 e. The SMILES string of the molecule is CCCCCCCCCCCCCCCCC(O)C(=O)OCC(COC(=O)C(O)CCCCCCCCCCCCCCCC)OC(=O)C(O)CCCCCCCCCCCCCCCC. The minimum Gasteiger partial charge on any atom is -0.460 e. The lowest BCUT2D eigenvalue weighted by atomic mass is 10.0. The van der Waals surface area contributed by atoms with Crippen molar-refractivity contribution in [2.75, 3.05) is 13.2 Å². The molecule has 9 heteroatoms. The zero-order chi connectivity index (χ0) is 48.4. The number of ether oxygens (including phenoxy) is 3. The zero-order valence-corrected chi connectivity index (χ0v) is 43.8. The molecule has 0 saturated carbocycles. The molecule has 9 nitrogen and oxygen atoms in total. The summed E-state index contributed by atoms with van der Waals surface area (Å²) in [7, 11) is 0. The quantitative estimate of drug-likeness (QED) is 0.0309. The highest BCUT2D eigenvalue weighted by atomic mass is 16.6. The van der Waals surface area contributed by atoms with E-state index < -0.39 is 55.5 Å². The molecule has 0 aliphatic heterocycles. The Morgan fingerprint density at radius 3 is 0.682 bits per heavy atom. The number of esters is 3. The van der Waals surface area contributed by atoms with Crippen LogP contribution in [-0.2, 0) is 28.6 Å². The number of aliphatic hydroxyl groups excluding tert-OH is 3. The van der Waals surface area contributed by atoms with E-state index in [1.165, 1.54) is 193 Å². The van der Waals surface area contributed by atoms with Crippen molar-refractivity contribution in [2.24, 2.45) is 0 Å². The highest BCUT2D eigenvalue weighted by Crippen LogP contribution is 2.18. The van der Waals surface area contributed by atoms with E-state index in [4.69, 9.17) is 14.2 Å². The number of hydrogen-bond donors (Lipinski definition) is 3. The third-order valence-electron chi connectivity index (χ3n) is 13.4. The standard InChI is InChI=1S/C57H110O9/c1-4-7-10-13-16-19-22-25-28-31-34-37-40-43-46-52(58)55(61)64-49-51(66-57(63)54(60)48-45-42-39-36-33-30-27-24-21-18-15-12-9-6-3)50-65-56(62)53(59)47-44-41-38-35-32-29-26-23-20-17-14-11-8-5-2/h51-54,58-60H,4-50H2,1-3H3. The molecule has 0 aliphatic carbocycles. The van der Waals surface area contributed by atoms with Crippen LogP contribution in [0.4, 0.5) is 0 Å². The maximum Gasteiger partial charge on any atom is 0.335 e. The van der Waals surface area contributed by atoms with E-state index in [0.29, 0.717) is 19.3 Å². The Bertz CT molecular complexity index is 983. The van der Waals surface area contributed by atoms with Gasteiger partial charge < -0.3 is 29.5 Å².